The maximum Gasteiger partial charge on any atom is 0.229 e. The molecule has 0 bridgehead atoms. The van der Waals surface area contributed by atoms with Crippen molar-refractivity contribution in [3.05, 3.63) is 66.1 Å². The van der Waals surface area contributed by atoms with Crippen LogP contribution in [0.15, 0.2) is 59.7 Å². The number of rotatable bonds is 7. The second kappa shape index (κ2) is 8.77. The molecule has 0 saturated heterocycles. The van der Waals surface area contributed by atoms with Crippen molar-refractivity contribution in [3.63, 3.8) is 0 Å². The summed E-state index contributed by atoms with van der Waals surface area (Å²) in [5.41, 5.74) is 4.89. The lowest BCUT2D eigenvalue weighted by atomic mass is 10.2. The van der Waals surface area contributed by atoms with E-state index in [1.807, 2.05) is 19.1 Å². The first-order valence-electron chi connectivity index (χ1n) is 9.50. The van der Waals surface area contributed by atoms with Gasteiger partial charge in [0.25, 0.3) is 0 Å². The van der Waals surface area contributed by atoms with Crippen LogP contribution in [-0.2, 0) is 14.9 Å². The Morgan fingerprint density at radius 3 is 2.44 bits per heavy atom. The molecule has 1 aliphatic rings. The largest absolute Gasteiger partial charge is 0.336 e. The van der Waals surface area contributed by atoms with Crippen molar-refractivity contribution in [2.24, 2.45) is 4.99 Å². The Hall–Kier alpha value is -3.77. The molecule has 32 heavy (non-hydrogen) atoms. The zero-order valence-electron chi connectivity index (χ0n) is 17.1. The van der Waals surface area contributed by atoms with Gasteiger partial charge in [0.2, 0.25) is 16.0 Å². The summed E-state index contributed by atoms with van der Waals surface area (Å²) in [5.74, 6) is -0.0181. The Morgan fingerprint density at radius 2 is 1.78 bits per heavy atom. The van der Waals surface area contributed by atoms with E-state index < -0.39 is 15.8 Å². The van der Waals surface area contributed by atoms with Crippen LogP contribution in [0.2, 0.25) is 0 Å². The van der Waals surface area contributed by atoms with Gasteiger partial charge in [-0.2, -0.15) is 4.98 Å². The molecule has 12 heteroatoms. The van der Waals surface area contributed by atoms with E-state index in [1.54, 1.807) is 36.4 Å². The van der Waals surface area contributed by atoms with Gasteiger partial charge < -0.3 is 10.6 Å². The Morgan fingerprint density at radius 1 is 1.06 bits per heavy atom. The lowest BCUT2D eigenvalue weighted by Crippen LogP contribution is -2.18. The third kappa shape index (κ3) is 5.28. The van der Waals surface area contributed by atoms with Crippen molar-refractivity contribution in [1.29, 1.82) is 0 Å². The lowest BCUT2D eigenvalue weighted by molar-refractivity contribution is 0.0504. The number of sulfonamides is 1. The first kappa shape index (κ1) is 21.5. The number of aliphatic imine (C=N–C) groups is 1. The second-order valence-corrected chi connectivity index (χ2v) is 8.68. The van der Waals surface area contributed by atoms with Gasteiger partial charge in [0.05, 0.1) is 23.8 Å². The number of hydrogen-bond acceptors (Lipinski definition) is 9. The molecule has 1 aliphatic heterocycles. The molecule has 166 valence electrons. The normalized spacial score (nSPS) is 15.6. The molecule has 2 aromatic carbocycles. The molecule has 1 aromatic heterocycles. The van der Waals surface area contributed by atoms with E-state index in [2.05, 4.69) is 35.8 Å². The summed E-state index contributed by atoms with van der Waals surface area (Å²) in [7, 11) is -3.51. The highest BCUT2D eigenvalue weighted by Gasteiger charge is 2.15. The maximum absolute atomic E-state index is 14.3. The van der Waals surface area contributed by atoms with Crippen molar-refractivity contribution in [1.82, 2.24) is 15.4 Å². The Balaban J connectivity index is 1.52. The van der Waals surface area contributed by atoms with Gasteiger partial charge in [-0.3, -0.25) is 4.72 Å². The maximum atomic E-state index is 14.3. The van der Waals surface area contributed by atoms with Gasteiger partial charge in [0, 0.05) is 11.3 Å². The van der Waals surface area contributed by atoms with Crippen LogP contribution >= 0.6 is 0 Å². The van der Waals surface area contributed by atoms with E-state index in [1.165, 1.54) is 0 Å². The van der Waals surface area contributed by atoms with Crippen molar-refractivity contribution < 1.29 is 17.6 Å². The summed E-state index contributed by atoms with van der Waals surface area (Å²) in [5, 5.41) is 5.81. The van der Waals surface area contributed by atoms with Crippen molar-refractivity contribution in [2.45, 2.75) is 13.2 Å². The molecule has 4 N–H and O–H groups in total. The third-order valence-electron chi connectivity index (χ3n) is 4.27. The minimum atomic E-state index is -3.51. The molecule has 4 rings (SSSR count). The Kier molecular flexibility index (Phi) is 5.88. The quantitative estimate of drug-likeness (QED) is 0.426. The molecule has 0 spiro atoms. The van der Waals surface area contributed by atoms with Gasteiger partial charge in [-0.1, -0.05) is 12.1 Å². The highest BCUT2D eigenvalue weighted by Crippen LogP contribution is 2.27. The molecule has 1 unspecified atom stereocenters. The molecule has 0 saturated carbocycles. The van der Waals surface area contributed by atoms with Crippen molar-refractivity contribution in [3.8, 4) is 0 Å². The summed E-state index contributed by atoms with van der Waals surface area (Å²) in [4.78, 5) is 17.6. The van der Waals surface area contributed by atoms with Crippen LogP contribution in [-0.4, -0.2) is 36.7 Å². The average molecular weight is 457 g/mol. The third-order valence-corrected chi connectivity index (χ3v) is 4.86. The zero-order valence-corrected chi connectivity index (χ0v) is 17.9. The number of halogens is 1. The fourth-order valence-electron chi connectivity index (χ4n) is 2.87. The first-order chi connectivity index (χ1) is 15.3. The number of aromatic nitrogens is 2. The van der Waals surface area contributed by atoms with Gasteiger partial charge >= 0.3 is 0 Å². The first-order valence-corrected chi connectivity index (χ1v) is 11.4. The monoisotopic (exact) mass is 457 g/mol. The molecule has 1 atom stereocenters. The number of nitrogens with one attached hydrogen (secondary N) is 4. The van der Waals surface area contributed by atoms with Gasteiger partial charge in [0.15, 0.2) is 23.7 Å². The predicted octanol–water partition coefficient (Wildman–Crippen LogP) is 3.10. The fourth-order valence-corrected chi connectivity index (χ4v) is 3.45. The topological polar surface area (TPSA) is 130 Å². The fraction of sp³-hybridized carbons (Fsp3) is 0.150. The molecular formula is C20H20FN7O3S. The van der Waals surface area contributed by atoms with E-state index in [0.717, 1.165) is 18.0 Å². The van der Waals surface area contributed by atoms with Crippen LogP contribution in [0, 0.1) is 5.82 Å². The van der Waals surface area contributed by atoms with E-state index >= 15 is 0 Å². The van der Waals surface area contributed by atoms with Crippen molar-refractivity contribution in [2.75, 3.05) is 21.6 Å². The molecular weight excluding hydrogens is 437 g/mol. The zero-order chi connectivity index (χ0) is 22.7. The predicted molar refractivity (Wildman–Crippen MR) is 120 cm³/mol. The second-order valence-electron chi connectivity index (χ2n) is 6.93. The highest BCUT2D eigenvalue weighted by atomic mass is 32.2. The van der Waals surface area contributed by atoms with Crippen LogP contribution < -0.4 is 20.8 Å². The van der Waals surface area contributed by atoms with E-state index in [9.17, 15) is 12.8 Å². The van der Waals surface area contributed by atoms with Gasteiger partial charge in [-0.15, -0.1) is 0 Å². The SMILES string of the molecule is CC1N=C(c2ccc(Nc3ncc(F)c(Nc4ccccc4NS(C)(=O)=O)n3)cc2)NO1. The standard InChI is InChI=1S/C20H20FN7O3S/c1-12-23-18(27-31-12)13-7-9-14(10-8-13)24-20-22-11-15(21)19(26-20)25-16-5-3-4-6-17(16)28-32(2,29)30/h3-12,28H,1-2H3,(H,23,27)(H2,22,24,25,26). The summed E-state index contributed by atoms with van der Waals surface area (Å²) >= 11 is 0. The molecule has 10 nitrogen and oxygen atoms in total. The van der Waals surface area contributed by atoms with Gasteiger partial charge in [-0.05, 0) is 43.3 Å². The van der Waals surface area contributed by atoms with Gasteiger partial charge in [-0.25, -0.2) is 33.1 Å². The molecule has 3 aromatic rings. The van der Waals surface area contributed by atoms with Crippen LogP contribution in [0.1, 0.15) is 12.5 Å². The van der Waals surface area contributed by atoms with E-state index in [4.69, 9.17) is 4.84 Å². The summed E-state index contributed by atoms with van der Waals surface area (Å²) < 4.78 is 39.9. The number of anilines is 5. The Labute approximate surface area is 184 Å². The summed E-state index contributed by atoms with van der Waals surface area (Å²) in [6.07, 6.45) is 1.80. The average Bonchev–Trinajstić information content (AvgIpc) is 3.18. The number of benzene rings is 2. The van der Waals surface area contributed by atoms with Crippen LogP contribution in [0.25, 0.3) is 0 Å². The summed E-state index contributed by atoms with van der Waals surface area (Å²) in [6.45, 7) is 1.82. The van der Waals surface area contributed by atoms with Crippen LogP contribution in [0.5, 0.6) is 0 Å². The van der Waals surface area contributed by atoms with Crippen LogP contribution in [0.3, 0.4) is 0 Å². The number of nitrogens with zero attached hydrogens (tertiary/aromatic N) is 3. The Bertz CT molecular complexity index is 1270. The molecule has 0 amide bonds. The molecule has 0 radical (unpaired) electrons. The van der Waals surface area contributed by atoms with Crippen LogP contribution in [0.4, 0.5) is 33.2 Å². The molecule has 0 aliphatic carbocycles. The number of hydrogen-bond donors (Lipinski definition) is 4. The number of para-hydroxylation sites is 2. The summed E-state index contributed by atoms with van der Waals surface area (Å²) in [6, 6.07) is 13.8. The highest BCUT2D eigenvalue weighted by molar-refractivity contribution is 7.92. The minimum absolute atomic E-state index is 0.113. The minimum Gasteiger partial charge on any atom is -0.336 e. The lowest BCUT2D eigenvalue weighted by Gasteiger charge is -2.13. The van der Waals surface area contributed by atoms with Gasteiger partial charge in [0.1, 0.15) is 0 Å². The molecule has 0 fully saturated rings. The van der Waals surface area contributed by atoms with E-state index in [-0.39, 0.29) is 23.7 Å². The smallest absolute Gasteiger partial charge is 0.229 e. The van der Waals surface area contributed by atoms with E-state index in [0.29, 0.717) is 17.2 Å². The molecule has 2 heterocycles. The number of amidine groups is 1. The number of hydroxylamine groups is 1. The van der Waals surface area contributed by atoms with Crippen molar-refractivity contribution >= 4 is 44.7 Å².